The van der Waals surface area contributed by atoms with Crippen molar-refractivity contribution >= 4 is 16.7 Å². The van der Waals surface area contributed by atoms with Gasteiger partial charge in [-0.15, -0.1) is 0 Å². The van der Waals surface area contributed by atoms with Crippen molar-refractivity contribution in [1.29, 1.82) is 0 Å². The molecule has 2 rings (SSSR count). The van der Waals surface area contributed by atoms with E-state index in [-0.39, 0.29) is 5.97 Å². The van der Waals surface area contributed by atoms with Gasteiger partial charge in [0.2, 0.25) is 0 Å². The van der Waals surface area contributed by atoms with Gasteiger partial charge in [0, 0.05) is 6.42 Å². The molecule has 0 aromatic heterocycles. The number of aryl methyl sites for hydroxylation is 2. The van der Waals surface area contributed by atoms with Crippen LogP contribution in [0, 0.1) is 6.92 Å². The predicted molar refractivity (Wildman–Crippen MR) is 80.2 cm³/mol. The zero-order valence-electron chi connectivity index (χ0n) is 12.2. The number of rotatable bonds is 5. The second kappa shape index (κ2) is 6.42. The molecule has 0 aliphatic carbocycles. The first kappa shape index (κ1) is 14.4. The first-order valence-corrected chi connectivity index (χ1v) is 6.78. The van der Waals surface area contributed by atoms with Crippen LogP contribution in [0.25, 0.3) is 10.8 Å². The molecular weight excluding hydrogens is 252 g/mol. The van der Waals surface area contributed by atoms with E-state index in [0.29, 0.717) is 6.42 Å². The van der Waals surface area contributed by atoms with E-state index in [4.69, 9.17) is 4.74 Å². The lowest BCUT2D eigenvalue weighted by molar-refractivity contribution is -0.140. The summed E-state index contributed by atoms with van der Waals surface area (Å²) in [7, 11) is 3.11. The summed E-state index contributed by atoms with van der Waals surface area (Å²) in [5, 5.41) is 2.40. The molecule has 0 fully saturated rings. The Bertz CT molecular complexity index is 617. The minimum Gasteiger partial charge on any atom is -0.496 e. The zero-order valence-corrected chi connectivity index (χ0v) is 12.2. The highest BCUT2D eigenvalue weighted by Crippen LogP contribution is 2.28. The summed E-state index contributed by atoms with van der Waals surface area (Å²) in [6, 6.07) is 10.5. The first-order valence-electron chi connectivity index (χ1n) is 6.78. The Labute approximate surface area is 119 Å². The Hall–Kier alpha value is -2.03. The van der Waals surface area contributed by atoms with E-state index in [1.807, 2.05) is 6.92 Å². The van der Waals surface area contributed by atoms with E-state index in [1.165, 1.54) is 23.4 Å². The van der Waals surface area contributed by atoms with Crippen LogP contribution in [0.1, 0.15) is 24.0 Å². The highest BCUT2D eigenvalue weighted by molar-refractivity contribution is 5.88. The lowest BCUT2D eigenvalue weighted by atomic mass is 9.98. The molecule has 0 spiro atoms. The molecule has 20 heavy (non-hydrogen) atoms. The molecule has 0 amide bonds. The molecule has 0 unspecified atom stereocenters. The number of carbonyl (C=O) groups excluding carboxylic acids is 1. The van der Waals surface area contributed by atoms with E-state index >= 15 is 0 Å². The summed E-state index contributed by atoms with van der Waals surface area (Å²) in [5.74, 6) is 0.747. The lowest BCUT2D eigenvalue weighted by Crippen LogP contribution is -2.00. The van der Waals surface area contributed by atoms with Gasteiger partial charge in [0.15, 0.2) is 0 Å². The summed E-state index contributed by atoms with van der Waals surface area (Å²) in [4.78, 5) is 11.2. The van der Waals surface area contributed by atoms with Crippen molar-refractivity contribution in [1.82, 2.24) is 0 Å². The van der Waals surface area contributed by atoms with Crippen LogP contribution in [0.4, 0.5) is 0 Å². The fraction of sp³-hybridized carbons (Fsp3) is 0.353. The average molecular weight is 272 g/mol. The van der Waals surface area contributed by atoms with Crippen molar-refractivity contribution in [3.63, 3.8) is 0 Å². The molecule has 0 bridgehead atoms. The molecule has 2 aromatic carbocycles. The Balaban J connectivity index is 2.26. The third-order valence-corrected chi connectivity index (χ3v) is 3.54. The topological polar surface area (TPSA) is 35.5 Å². The van der Waals surface area contributed by atoms with E-state index in [9.17, 15) is 4.79 Å². The van der Waals surface area contributed by atoms with Gasteiger partial charge in [-0.05, 0) is 53.8 Å². The summed E-state index contributed by atoms with van der Waals surface area (Å²) in [5.41, 5.74) is 2.37. The standard InChI is InChI=1S/C17H20O3/c1-12-10-14-8-4-6-13(7-5-9-17(18)20-3)15(14)11-16(12)19-2/h4,6,8,10-11H,5,7,9H2,1-3H3. The molecule has 0 aliphatic heterocycles. The second-order valence-corrected chi connectivity index (χ2v) is 4.89. The normalized spacial score (nSPS) is 10.6. The highest BCUT2D eigenvalue weighted by Gasteiger charge is 2.07. The highest BCUT2D eigenvalue weighted by atomic mass is 16.5. The molecule has 0 atom stereocenters. The summed E-state index contributed by atoms with van der Waals surface area (Å²) in [6.07, 6.45) is 2.11. The number of fused-ring (bicyclic) bond motifs is 1. The Morgan fingerprint density at radius 1 is 1.20 bits per heavy atom. The van der Waals surface area contributed by atoms with Crippen LogP contribution in [0.15, 0.2) is 30.3 Å². The summed E-state index contributed by atoms with van der Waals surface area (Å²) >= 11 is 0. The fourth-order valence-corrected chi connectivity index (χ4v) is 2.45. The van der Waals surface area contributed by atoms with Crippen LogP contribution in [0.2, 0.25) is 0 Å². The Kier molecular flexibility index (Phi) is 4.61. The quantitative estimate of drug-likeness (QED) is 0.779. The molecule has 0 saturated carbocycles. The van der Waals surface area contributed by atoms with Crippen molar-refractivity contribution in [3.8, 4) is 5.75 Å². The van der Waals surface area contributed by atoms with E-state index in [1.54, 1.807) is 7.11 Å². The maximum atomic E-state index is 11.2. The number of benzene rings is 2. The molecule has 3 nitrogen and oxygen atoms in total. The molecule has 0 radical (unpaired) electrons. The van der Waals surface area contributed by atoms with E-state index in [2.05, 4.69) is 35.1 Å². The molecule has 0 aliphatic rings. The Morgan fingerprint density at radius 3 is 2.70 bits per heavy atom. The first-order chi connectivity index (χ1) is 9.65. The molecule has 106 valence electrons. The van der Waals surface area contributed by atoms with Crippen LogP contribution in [-0.2, 0) is 16.0 Å². The predicted octanol–water partition coefficient (Wildman–Crippen LogP) is 3.65. The molecule has 0 heterocycles. The fourth-order valence-electron chi connectivity index (χ4n) is 2.45. The SMILES string of the molecule is COC(=O)CCCc1cccc2cc(C)c(OC)cc12. The van der Waals surface area contributed by atoms with Gasteiger partial charge < -0.3 is 9.47 Å². The van der Waals surface area contributed by atoms with Crippen LogP contribution < -0.4 is 4.74 Å². The van der Waals surface area contributed by atoms with E-state index < -0.39 is 0 Å². The van der Waals surface area contributed by atoms with Gasteiger partial charge >= 0.3 is 5.97 Å². The van der Waals surface area contributed by atoms with E-state index in [0.717, 1.165) is 24.2 Å². The lowest BCUT2D eigenvalue weighted by Gasteiger charge is -2.10. The molecule has 0 N–H and O–H groups in total. The number of esters is 1. The van der Waals surface area contributed by atoms with Crippen LogP contribution in [-0.4, -0.2) is 20.2 Å². The second-order valence-electron chi connectivity index (χ2n) is 4.89. The largest absolute Gasteiger partial charge is 0.496 e. The van der Waals surface area contributed by atoms with Crippen molar-refractivity contribution in [2.75, 3.05) is 14.2 Å². The number of ether oxygens (including phenoxy) is 2. The number of methoxy groups -OCH3 is 2. The minimum atomic E-state index is -0.154. The van der Waals surface area contributed by atoms with Gasteiger partial charge in [-0.2, -0.15) is 0 Å². The van der Waals surface area contributed by atoms with Crippen molar-refractivity contribution in [3.05, 3.63) is 41.5 Å². The van der Waals surface area contributed by atoms with Gasteiger partial charge in [0.1, 0.15) is 5.75 Å². The smallest absolute Gasteiger partial charge is 0.305 e. The summed E-state index contributed by atoms with van der Waals surface area (Å²) < 4.78 is 10.1. The monoisotopic (exact) mass is 272 g/mol. The zero-order chi connectivity index (χ0) is 14.5. The van der Waals surface area contributed by atoms with Gasteiger partial charge in [-0.3, -0.25) is 4.79 Å². The number of hydrogen-bond donors (Lipinski definition) is 0. The maximum Gasteiger partial charge on any atom is 0.305 e. The van der Waals surface area contributed by atoms with Crippen LogP contribution in [0.3, 0.4) is 0 Å². The molecule has 2 aromatic rings. The third kappa shape index (κ3) is 3.10. The van der Waals surface area contributed by atoms with Crippen molar-refractivity contribution < 1.29 is 14.3 Å². The van der Waals surface area contributed by atoms with Crippen LogP contribution in [0.5, 0.6) is 5.75 Å². The minimum absolute atomic E-state index is 0.154. The average Bonchev–Trinajstić information content (AvgIpc) is 2.46. The van der Waals surface area contributed by atoms with Gasteiger partial charge in [0.05, 0.1) is 14.2 Å². The van der Waals surface area contributed by atoms with Crippen molar-refractivity contribution in [2.45, 2.75) is 26.2 Å². The molecule has 3 heteroatoms. The molecule has 0 saturated heterocycles. The molecular formula is C17H20O3. The number of carbonyl (C=O) groups is 1. The summed E-state index contributed by atoms with van der Waals surface area (Å²) in [6.45, 7) is 2.04. The van der Waals surface area contributed by atoms with Crippen LogP contribution >= 0.6 is 0 Å². The Morgan fingerprint density at radius 2 is 2.00 bits per heavy atom. The van der Waals surface area contributed by atoms with Gasteiger partial charge in [0.25, 0.3) is 0 Å². The maximum absolute atomic E-state index is 11.2. The van der Waals surface area contributed by atoms with Gasteiger partial charge in [-0.25, -0.2) is 0 Å². The van der Waals surface area contributed by atoms with Crippen molar-refractivity contribution in [2.24, 2.45) is 0 Å². The van der Waals surface area contributed by atoms with Gasteiger partial charge in [-0.1, -0.05) is 18.2 Å². The number of hydrogen-bond acceptors (Lipinski definition) is 3. The third-order valence-electron chi connectivity index (χ3n) is 3.54.